The summed E-state index contributed by atoms with van der Waals surface area (Å²) in [6.45, 7) is 6.16. The van der Waals surface area contributed by atoms with Gasteiger partial charge in [0.2, 0.25) is 5.96 Å². The van der Waals surface area contributed by atoms with Crippen LogP contribution in [0.5, 0.6) is 0 Å². The summed E-state index contributed by atoms with van der Waals surface area (Å²) in [4.78, 5) is 20.7. The number of halogens is 1. The first-order valence-corrected chi connectivity index (χ1v) is 10.9. The normalized spacial score (nSPS) is 11.6. The number of aryl methyl sites for hydroxylation is 3. The quantitative estimate of drug-likeness (QED) is 0.275. The molecule has 168 valence electrons. The lowest BCUT2D eigenvalue weighted by Gasteiger charge is -2.13. The molecule has 1 heterocycles. The van der Waals surface area contributed by atoms with Gasteiger partial charge in [0.25, 0.3) is 5.91 Å². The predicted molar refractivity (Wildman–Crippen MR) is 132 cm³/mol. The molecule has 0 aliphatic carbocycles. The number of carbonyl (C=O) groups is 1. The van der Waals surface area contributed by atoms with E-state index in [4.69, 9.17) is 0 Å². The van der Waals surface area contributed by atoms with Crippen molar-refractivity contribution in [2.24, 2.45) is 4.99 Å². The van der Waals surface area contributed by atoms with Gasteiger partial charge in [-0.2, -0.15) is 0 Å². The Morgan fingerprint density at radius 1 is 1.00 bits per heavy atom. The van der Waals surface area contributed by atoms with E-state index in [-0.39, 0.29) is 5.56 Å². The van der Waals surface area contributed by atoms with E-state index in [2.05, 4.69) is 32.7 Å². The van der Waals surface area contributed by atoms with Crippen LogP contribution in [-0.2, 0) is 6.42 Å². The molecule has 0 saturated heterocycles. The molecule has 0 saturated carbocycles. The lowest BCUT2D eigenvalue weighted by Crippen LogP contribution is -2.36. The van der Waals surface area contributed by atoms with Crippen LogP contribution in [0.25, 0.3) is 10.9 Å². The molecule has 0 bridgehead atoms. The van der Waals surface area contributed by atoms with Crippen molar-refractivity contribution in [1.29, 1.82) is 0 Å². The first-order valence-electron chi connectivity index (χ1n) is 10.9. The van der Waals surface area contributed by atoms with Crippen molar-refractivity contribution >= 4 is 28.5 Å². The summed E-state index contributed by atoms with van der Waals surface area (Å²) < 4.78 is 14.0. The lowest BCUT2D eigenvalue weighted by atomic mass is 10.1. The van der Waals surface area contributed by atoms with Gasteiger partial charge in [-0.1, -0.05) is 30.3 Å². The monoisotopic (exact) mass is 442 g/mol. The zero-order valence-corrected chi connectivity index (χ0v) is 19.0. The summed E-state index contributed by atoms with van der Waals surface area (Å²) in [5, 5.41) is 7.19. The zero-order chi connectivity index (χ0) is 23.4. The maximum atomic E-state index is 14.0. The van der Waals surface area contributed by atoms with Gasteiger partial charge >= 0.3 is 0 Å². The fourth-order valence-electron chi connectivity index (χ4n) is 3.83. The molecule has 0 aliphatic rings. The number of para-hydroxylation sites is 1. The van der Waals surface area contributed by atoms with Gasteiger partial charge in [-0.25, -0.2) is 4.39 Å². The third-order valence-electron chi connectivity index (χ3n) is 5.48. The summed E-state index contributed by atoms with van der Waals surface area (Å²) in [5.41, 5.74) is 6.00. The molecule has 0 atom stereocenters. The van der Waals surface area contributed by atoms with Crippen molar-refractivity contribution < 1.29 is 9.18 Å². The van der Waals surface area contributed by atoms with E-state index < -0.39 is 11.7 Å². The molecule has 1 amide bonds. The molecule has 3 aromatic carbocycles. The Morgan fingerprint density at radius 2 is 1.76 bits per heavy atom. The zero-order valence-electron chi connectivity index (χ0n) is 19.0. The molecule has 4 rings (SSSR count). The van der Waals surface area contributed by atoms with Gasteiger partial charge in [0.1, 0.15) is 5.82 Å². The van der Waals surface area contributed by atoms with Crippen LogP contribution in [0.1, 0.15) is 32.6 Å². The fourth-order valence-corrected chi connectivity index (χ4v) is 3.83. The third kappa shape index (κ3) is 5.47. The van der Waals surface area contributed by atoms with Crippen molar-refractivity contribution in [3.8, 4) is 0 Å². The van der Waals surface area contributed by atoms with Crippen LogP contribution < -0.4 is 10.6 Å². The highest BCUT2D eigenvalue weighted by molar-refractivity contribution is 6.10. The van der Waals surface area contributed by atoms with Crippen molar-refractivity contribution in [3.05, 3.63) is 100 Å². The summed E-state index contributed by atoms with van der Waals surface area (Å²) in [5.74, 6) is -0.509. The van der Waals surface area contributed by atoms with Crippen LogP contribution in [0.4, 0.5) is 10.1 Å². The summed E-state index contributed by atoms with van der Waals surface area (Å²) >= 11 is 0. The van der Waals surface area contributed by atoms with Crippen LogP contribution >= 0.6 is 0 Å². The average molecular weight is 443 g/mol. The Morgan fingerprint density at radius 3 is 2.52 bits per heavy atom. The number of amides is 1. The van der Waals surface area contributed by atoms with Crippen molar-refractivity contribution in [3.63, 3.8) is 0 Å². The Labute approximate surface area is 192 Å². The second-order valence-corrected chi connectivity index (χ2v) is 8.26. The van der Waals surface area contributed by atoms with E-state index in [0.717, 1.165) is 33.3 Å². The highest BCUT2D eigenvalue weighted by Gasteiger charge is 2.12. The largest absolute Gasteiger partial charge is 0.361 e. The van der Waals surface area contributed by atoms with E-state index in [0.29, 0.717) is 24.5 Å². The lowest BCUT2D eigenvalue weighted by molar-refractivity contribution is 0.0976. The van der Waals surface area contributed by atoms with Crippen molar-refractivity contribution in [2.75, 3.05) is 11.9 Å². The van der Waals surface area contributed by atoms with Crippen LogP contribution in [0.15, 0.2) is 71.9 Å². The smallest absolute Gasteiger partial charge is 0.258 e. The Bertz CT molecular complexity index is 1320. The number of aliphatic imine (C=N–C) groups is 1. The molecule has 4 aromatic rings. The van der Waals surface area contributed by atoms with Gasteiger partial charge in [0.05, 0.1) is 0 Å². The Kier molecular flexibility index (Phi) is 6.54. The van der Waals surface area contributed by atoms with E-state index in [1.54, 1.807) is 19.1 Å². The number of hydrogen-bond acceptors (Lipinski definition) is 2. The van der Waals surface area contributed by atoms with Gasteiger partial charge < -0.3 is 10.3 Å². The van der Waals surface area contributed by atoms with E-state index in [9.17, 15) is 9.18 Å². The highest BCUT2D eigenvalue weighted by Crippen LogP contribution is 2.18. The fraction of sp³-hybridized carbons (Fsp3) is 0.185. The van der Waals surface area contributed by atoms with Crippen LogP contribution in [0.3, 0.4) is 0 Å². The number of carbonyl (C=O) groups excluding carboxylic acids is 1. The number of nitrogens with zero attached hydrogens (tertiary/aromatic N) is 1. The van der Waals surface area contributed by atoms with Gasteiger partial charge in [-0.15, -0.1) is 0 Å². The van der Waals surface area contributed by atoms with Crippen LogP contribution in [-0.4, -0.2) is 23.4 Å². The minimum atomic E-state index is -0.420. The maximum Gasteiger partial charge on any atom is 0.258 e. The van der Waals surface area contributed by atoms with E-state index in [1.807, 2.05) is 50.4 Å². The molecule has 3 N–H and O–H groups in total. The van der Waals surface area contributed by atoms with E-state index >= 15 is 0 Å². The molecule has 0 spiro atoms. The summed E-state index contributed by atoms with van der Waals surface area (Å²) in [7, 11) is 0. The van der Waals surface area contributed by atoms with Gasteiger partial charge in [0.15, 0.2) is 0 Å². The number of aromatic nitrogens is 1. The minimum Gasteiger partial charge on any atom is -0.361 e. The number of hydrogen-bond donors (Lipinski definition) is 3. The molecule has 6 heteroatoms. The third-order valence-corrected chi connectivity index (χ3v) is 5.48. The van der Waals surface area contributed by atoms with Crippen molar-refractivity contribution in [1.82, 2.24) is 10.3 Å². The number of rotatable bonds is 5. The van der Waals surface area contributed by atoms with Crippen LogP contribution in [0.2, 0.25) is 0 Å². The molecule has 5 nitrogen and oxygen atoms in total. The number of guanidine groups is 1. The second-order valence-electron chi connectivity index (χ2n) is 8.26. The minimum absolute atomic E-state index is 0.240. The number of anilines is 1. The summed E-state index contributed by atoms with van der Waals surface area (Å²) in [6, 6.07) is 18.6. The number of nitrogens with one attached hydrogen (secondary N) is 3. The molecule has 33 heavy (non-hydrogen) atoms. The Balaban J connectivity index is 1.55. The topological polar surface area (TPSA) is 69.3 Å². The van der Waals surface area contributed by atoms with Gasteiger partial charge in [-0.05, 0) is 79.8 Å². The molecule has 0 radical (unpaired) electrons. The number of benzene rings is 3. The number of fused-ring (bicyclic) bond motifs is 1. The summed E-state index contributed by atoms with van der Waals surface area (Å²) in [6.07, 6.45) is 2.70. The van der Waals surface area contributed by atoms with Crippen molar-refractivity contribution in [2.45, 2.75) is 27.2 Å². The number of H-pyrrole nitrogens is 1. The molecule has 0 aliphatic heterocycles. The molecular weight excluding hydrogens is 415 g/mol. The number of aromatic amines is 1. The first kappa shape index (κ1) is 22.3. The van der Waals surface area contributed by atoms with Crippen LogP contribution in [0, 0.1) is 26.6 Å². The van der Waals surface area contributed by atoms with E-state index in [1.165, 1.54) is 6.07 Å². The predicted octanol–water partition coefficient (Wildman–Crippen LogP) is 5.67. The maximum absolute atomic E-state index is 14.0. The SMILES string of the molecule is Cc1cc(C)cc(NC(=NCCc2c[nH]c3ccccc23)NC(=O)c2ccc(C)c(F)c2)c1. The first-order chi connectivity index (χ1) is 15.9. The van der Waals surface area contributed by atoms with Gasteiger partial charge in [0, 0.05) is 34.9 Å². The standard InChI is InChI=1S/C27H27FN4O/c1-17-12-18(2)14-22(13-17)31-27(32-26(33)20-9-8-19(3)24(28)15-20)29-11-10-21-16-30-25-7-5-4-6-23(21)25/h4-9,12-16,30H,10-11H2,1-3H3,(H2,29,31,32,33). The molecular formula is C27H27FN4O. The molecule has 0 fully saturated rings. The van der Waals surface area contributed by atoms with Gasteiger partial charge in [-0.3, -0.25) is 15.1 Å². The average Bonchev–Trinajstić information content (AvgIpc) is 3.18. The molecule has 1 aromatic heterocycles. The Hall–Kier alpha value is -3.93. The highest BCUT2D eigenvalue weighted by atomic mass is 19.1. The second kappa shape index (κ2) is 9.69. The molecule has 0 unspecified atom stereocenters.